The van der Waals surface area contributed by atoms with Crippen LogP contribution >= 0.6 is 23.2 Å². The Kier molecular flexibility index (Phi) is 5.19. The third-order valence-electron chi connectivity index (χ3n) is 3.25. The second kappa shape index (κ2) is 6.56. The highest BCUT2D eigenvalue weighted by Gasteiger charge is 2.15. The Morgan fingerprint density at radius 1 is 1.33 bits per heavy atom. The topological polar surface area (TPSA) is 39.1 Å². The molecule has 2 heterocycles. The van der Waals surface area contributed by atoms with E-state index in [2.05, 4.69) is 29.9 Å². The summed E-state index contributed by atoms with van der Waals surface area (Å²) in [5.74, 6) is 0. The van der Waals surface area contributed by atoms with Crippen LogP contribution in [0.1, 0.15) is 0 Å². The summed E-state index contributed by atoms with van der Waals surface area (Å²) in [5.41, 5.74) is 1.61. The minimum atomic E-state index is -1.07. The number of hydrogen-bond donors (Lipinski definition) is 1. The highest BCUT2D eigenvalue weighted by molar-refractivity contribution is 6.76. The lowest BCUT2D eigenvalue weighted by Gasteiger charge is -2.15. The molecule has 0 atom stereocenters. The molecule has 4 nitrogen and oxygen atoms in total. The fourth-order valence-electron chi connectivity index (χ4n) is 2.04. The van der Waals surface area contributed by atoms with E-state index in [-0.39, 0.29) is 0 Å². The first-order chi connectivity index (χ1) is 9.81. The van der Waals surface area contributed by atoms with Crippen molar-refractivity contribution >= 4 is 48.0 Å². The zero-order valence-corrected chi connectivity index (χ0v) is 15.3. The van der Waals surface area contributed by atoms with E-state index >= 15 is 0 Å². The molecule has 0 saturated heterocycles. The summed E-state index contributed by atoms with van der Waals surface area (Å²) in [4.78, 5) is 4.37. The van der Waals surface area contributed by atoms with Gasteiger partial charge in [-0.05, 0) is 12.1 Å². The van der Waals surface area contributed by atoms with Crippen molar-refractivity contribution < 1.29 is 4.74 Å². The molecule has 0 radical (unpaired) electrons. The Hall–Kier alpha value is -0.753. The molecule has 0 aliphatic carbocycles. The molecule has 0 bridgehead atoms. The van der Waals surface area contributed by atoms with Gasteiger partial charge in [0.05, 0.1) is 10.4 Å². The monoisotopic (exact) mass is 345 g/mol. The van der Waals surface area contributed by atoms with Crippen molar-refractivity contribution in [2.45, 2.75) is 32.4 Å². The summed E-state index contributed by atoms with van der Waals surface area (Å²) < 4.78 is 7.66. The maximum absolute atomic E-state index is 6.31. The van der Waals surface area contributed by atoms with E-state index < -0.39 is 8.07 Å². The molecule has 2 aromatic rings. The Bertz CT molecular complexity index is 637. The van der Waals surface area contributed by atoms with Crippen LogP contribution in [0.5, 0.6) is 0 Å². The quantitative estimate of drug-likeness (QED) is 0.468. The number of fused-ring (bicyclic) bond motifs is 1. The molecule has 2 aromatic heterocycles. The van der Waals surface area contributed by atoms with Crippen molar-refractivity contribution in [2.75, 3.05) is 19.0 Å². The Labute approximate surface area is 136 Å². The average Bonchev–Trinajstić information content (AvgIpc) is 2.69. The number of anilines is 1. The largest absolute Gasteiger partial charge is 0.387 e. The van der Waals surface area contributed by atoms with Gasteiger partial charge >= 0.3 is 0 Å². The van der Waals surface area contributed by atoms with Crippen LogP contribution in [0.25, 0.3) is 11.0 Å². The van der Waals surface area contributed by atoms with E-state index in [0.717, 1.165) is 29.4 Å². The van der Waals surface area contributed by atoms with Crippen LogP contribution in [0.15, 0.2) is 12.3 Å². The SMILES string of the molecule is CNc1cc(Cl)nc2c1c(Cl)cn2COCC[Si](C)(C)C. The first-order valence-corrected chi connectivity index (χ1v) is 11.4. The van der Waals surface area contributed by atoms with E-state index in [1.54, 1.807) is 6.07 Å². The number of rotatable bonds is 6. The van der Waals surface area contributed by atoms with Crippen LogP contribution in [0.4, 0.5) is 5.69 Å². The van der Waals surface area contributed by atoms with Gasteiger partial charge in [0.15, 0.2) is 0 Å². The van der Waals surface area contributed by atoms with Gasteiger partial charge in [0.1, 0.15) is 17.5 Å². The highest BCUT2D eigenvalue weighted by Crippen LogP contribution is 2.32. The molecule has 0 spiro atoms. The molecule has 0 unspecified atom stereocenters. The Morgan fingerprint density at radius 3 is 2.67 bits per heavy atom. The molecule has 0 fully saturated rings. The number of nitrogens with one attached hydrogen (secondary N) is 1. The van der Waals surface area contributed by atoms with Gasteiger partial charge in [-0.25, -0.2) is 4.98 Å². The number of pyridine rings is 1. The molecule has 21 heavy (non-hydrogen) atoms. The molecule has 0 aliphatic rings. The van der Waals surface area contributed by atoms with Crippen molar-refractivity contribution in [1.82, 2.24) is 9.55 Å². The predicted octanol–water partition coefficient (Wildman–Crippen LogP) is 4.70. The zero-order chi connectivity index (χ0) is 15.6. The second-order valence-corrected chi connectivity index (χ2v) is 12.7. The molecule has 0 aromatic carbocycles. The van der Waals surface area contributed by atoms with Crippen LogP contribution in [0.3, 0.4) is 0 Å². The van der Waals surface area contributed by atoms with Gasteiger partial charge in [0.25, 0.3) is 0 Å². The van der Waals surface area contributed by atoms with Gasteiger partial charge in [-0.1, -0.05) is 42.8 Å². The van der Waals surface area contributed by atoms with Crippen molar-refractivity contribution in [1.29, 1.82) is 0 Å². The molecule has 1 N–H and O–H groups in total. The standard InChI is InChI=1S/C14H21Cl2N3OSi/c1-17-11-7-12(16)18-14-13(11)10(15)8-19(14)9-20-5-6-21(2,3)4/h7-8H,5-6,9H2,1-4H3,(H,17,18). The van der Waals surface area contributed by atoms with Crippen molar-refractivity contribution in [2.24, 2.45) is 0 Å². The summed E-state index contributed by atoms with van der Waals surface area (Å²) in [6, 6.07) is 2.90. The van der Waals surface area contributed by atoms with Crippen LogP contribution in [0, 0.1) is 0 Å². The van der Waals surface area contributed by atoms with Gasteiger partial charge in [0, 0.05) is 33.6 Å². The predicted molar refractivity (Wildman–Crippen MR) is 93.4 cm³/mol. The number of ether oxygens (including phenoxy) is 1. The maximum Gasteiger partial charge on any atom is 0.147 e. The number of aromatic nitrogens is 2. The molecular weight excluding hydrogens is 325 g/mol. The first-order valence-electron chi connectivity index (χ1n) is 6.92. The summed E-state index contributed by atoms with van der Waals surface area (Å²) in [5, 5.41) is 5.05. The Morgan fingerprint density at radius 2 is 2.05 bits per heavy atom. The van der Waals surface area contributed by atoms with E-state index in [9.17, 15) is 0 Å². The number of hydrogen-bond acceptors (Lipinski definition) is 3. The molecule has 116 valence electrons. The van der Waals surface area contributed by atoms with Crippen molar-refractivity contribution in [3.05, 3.63) is 22.4 Å². The second-order valence-electron chi connectivity index (χ2n) is 6.24. The van der Waals surface area contributed by atoms with Crippen LogP contribution in [-0.2, 0) is 11.5 Å². The summed E-state index contributed by atoms with van der Waals surface area (Å²) in [7, 11) is 0.762. The first kappa shape index (κ1) is 16.6. The Balaban J connectivity index is 2.19. The van der Waals surface area contributed by atoms with Gasteiger partial charge in [-0.15, -0.1) is 0 Å². The zero-order valence-electron chi connectivity index (χ0n) is 12.8. The van der Waals surface area contributed by atoms with E-state index in [1.807, 2.05) is 17.8 Å². The lowest BCUT2D eigenvalue weighted by Crippen LogP contribution is -2.22. The molecule has 7 heteroatoms. The van der Waals surface area contributed by atoms with Crippen LogP contribution in [0.2, 0.25) is 35.9 Å². The van der Waals surface area contributed by atoms with Crippen molar-refractivity contribution in [3.8, 4) is 0 Å². The third-order valence-corrected chi connectivity index (χ3v) is 5.43. The van der Waals surface area contributed by atoms with E-state index in [1.165, 1.54) is 0 Å². The molecule has 0 aliphatic heterocycles. The van der Waals surface area contributed by atoms with Crippen LogP contribution in [-0.4, -0.2) is 31.3 Å². The van der Waals surface area contributed by atoms with Gasteiger partial charge in [-0.3, -0.25) is 0 Å². The lowest BCUT2D eigenvalue weighted by molar-refractivity contribution is 0.0899. The fourth-order valence-corrected chi connectivity index (χ4v) is 3.29. The average molecular weight is 346 g/mol. The van der Waals surface area contributed by atoms with Crippen LogP contribution < -0.4 is 5.32 Å². The molecule has 0 saturated carbocycles. The van der Waals surface area contributed by atoms with Gasteiger partial charge < -0.3 is 14.6 Å². The minimum absolute atomic E-state index is 0.435. The fraction of sp³-hybridized carbons (Fsp3) is 0.500. The highest BCUT2D eigenvalue weighted by atomic mass is 35.5. The molecular formula is C14H21Cl2N3OSi. The smallest absolute Gasteiger partial charge is 0.147 e. The minimum Gasteiger partial charge on any atom is -0.387 e. The van der Waals surface area contributed by atoms with E-state index in [0.29, 0.717) is 16.9 Å². The third kappa shape index (κ3) is 4.13. The maximum atomic E-state index is 6.31. The van der Waals surface area contributed by atoms with Crippen molar-refractivity contribution in [3.63, 3.8) is 0 Å². The summed E-state index contributed by atoms with van der Waals surface area (Å²) >= 11 is 12.4. The van der Waals surface area contributed by atoms with E-state index in [4.69, 9.17) is 27.9 Å². The lowest BCUT2D eigenvalue weighted by atomic mass is 10.3. The molecule has 0 amide bonds. The number of halogens is 2. The summed E-state index contributed by atoms with van der Waals surface area (Å²) in [6.07, 6.45) is 1.84. The van der Waals surface area contributed by atoms with Gasteiger partial charge in [-0.2, -0.15) is 0 Å². The summed E-state index contributed by atoms with van der Waals surface area (Å²) in [6.45, 7) is 8.19. The normalized spacial score (nSPS) is 12.1. The molecule has 2 rings (SSSR count). The number of nitrogens with zero attached hydrogens (tertiary/aromatic N) is 2. The van der Waals surface area contributed by atoms with Gasteiger partial charge in [0.2, 0.25) is 0 Å².